The molecule has 1 rings (SSSR count). The molecule has 0 heterocycles. The molecule has 0 saturated heterocycles. The molecule has 1 fully saturated rings. The van der Waals surface area contributed by atoms with Crippen LogP contribution in [0, 0.1) is 0 Å². The van der Waals surface area contributed by atoms with Crippen LogP contribution in [0.3, 0.4) is 0 Å². The minimum atomic E-state index is -4.75. The standard InChI is InChI=1S/C5H4F4/c1-3-2-4(3,6)5(7,8)9/h1-2H2. The van der Waals surface area contributed by atoms with E-state index in [1.165, 1.54) is 0 Å². The van der Waals surface area contributed by atoms with Crippen molar-refractivity contribution in [2.75, 3.05) is 0 Å². The van der Waals surface area contributed by atoms with Crippen LogP contribution in [0.25, 0.3) is 0 Å². The third-order valence-electron chi connectivity index (χ3n) is 1.34. The lowest BCUT2D eigenvalue weighted by atomic mass is 10.3. The average molecular weight is 140 g/mol. The molecule has 1 saturated carbocycles. The fourth-order valence-electron chi connectivity index (χ4n) is 0.551. The predicted molar refractivity (Wildman–Crippen MR) is 23.7 cm³/mol. The summed E-state index contributed by atoms with van der Waals surface area (Å²) in [5.74, 6) is 0. The number of hydrogen-bond acceptors (Lipinski definition) is 0. The van der Waals surface area contributed by atoms with Crippen molar-refractivity contribution >= 4 is 0 Å². The van der Waals surface area contributed by atoms with Crippen molar-refractivity contribution in [3.63, 3.8) is 0 Å². The summed E-state index contributed by atoms with van der Waals surface area (Å²) < 4.78 is 46.5. The van der Waals surface area contributed by atoms with Crippen LogP contribution in [0.1, 0.15) is 6.42 Å². The van der Waals surface area contributed by atoms with Gasteiger partial charge in [-0.15, -0.1) is 0 Å². The highest BCUT2D eigenvalue weighted by atomic mass is 19.4. The second-order valence-electron chi connectivity index (χ2n) is 2.08. The average Bonchev–Trinajstić information content (AvgIpc) is 2.13. The lowest BCUT2D eigenvalue weighted by Crippen LogP contribution is -2.26. The zero-order valence-corrected chi connectivity index (χ0v) is 4.43. The predicted octanol–water partition coefficient (Wildman–Crippen LogP) is 2.22. The van der Waals surface area contributed by atoms with Gasteiger partial charge in [0.15, 0.2) is 0 Å². The Morgan fingerprint density at radius 1 is 1.44 bits per heavy atom. The molecule has 1 atom stereocenters. The van der Waals surface area contributed by atoms with E-state index in [4.69, 9.17) is 0 Å². The summed E-state index contributed by atoms with van der Waals surface area (Å²) >= 11 is 0. The van der Waals surface area contributed by atoms with Crippen LogP contribution in [-0.2, 0) is 0 Å². The normalized spacial score (nSPS) is 34.9. The molecule has 52 valence electrons. The Bertz CT molecular complexity index is 157. The van der Waals surface area contributed by atoms with E-state index in [1.54, 1.807) is 0 Å². The first-order valence-electron chi connectivity index (χ1n) is 2.32. The molecule has 1 aliphatic carbocycles. The zero-order chi connectivity index (χ0) is 7.28. The van der Waals surface area contributed by atoms with Gasteiger partial charge in [0.1, 0.15) is 0 Å². The molecule has 0 aliphatic heterocycles. The van der Waals surface area contributed by atoms with Crippen LogP contribution < -0.4 is 0 Å². The lowest BCUT2D eigenvalue weighted by molar-refractivity contribution is -0.187. The second-order valence-corrected chi connectivity index (χ2v) is 2.08. The van der Waals surface area contributed by atoms with Gasteiger partial charge >= 0.3 is 6.18 Å². The summed E-state index contributed by atoms with van der Waals surface area (Å²) in [6.45, 7) is 2.89. The topological polar surface area (TPSA) is 0 Å². The number of halogens is 4. The maximum absolute atomic E-state index is 12.2. The van der Waals surface area contributed by atoms with Gasteiger partial charge in [-0.1, -0.05) is 6.58 Å². The molecule has 0 nitrogen and oxygen atoms in total. The number of alkyl halides is 4. The Kier molecular flexibility index (Phi) is 0.952. The van der Waals surface area contributed by atoms with Gasteiger partial charge in [0.05, 0.1) is 0 Å². The Hall–Kier alpha value is -0.540. The quantitative estimate of drug-likeness (QED) is 0.357. The monoisotopic (exact) mass is 140 g/mol. The Labute approximate surface area is 49.2 Å². The third-order valence-corrected chi connectivity index (χ3v) is 1.34. The van der Waals surface area contributed by atoms with Crippen LogP contribution in [0.2, 0.25) is 0 Å². The smallest absolute Gasteiger partial charge is 0.229 e. The molecular weight excluding hydrogens is 136 g/mol. The lowest BCUT2D eigenvalue weighted by Gasteiger charge is -2.07. The SMILES string of the molecule is C=C1CC1(F)C(F)(F)F. The number of allylic oxidation sites excluding steroid dienone is 1. The van der Waals surface area contributed by atoms with Crippen LogP contribution in [0.5, 0.6) is 0 Å². The Morgan fingerprint density at radius 2 is 1.78 bits per heavy atom. The van der Waals surface area contributed by atoms with E-state index >= 15 is 0 Å². The summed E-state index contributed by atoms with van der Waals surface area (Å²) in [6, 6.07) is 0. The van der Waals surface area contributed by atoms with Crippen molar-refractivity contribution < 1.29 is 17.6 Å². The van der Waals surface area contributed by atoms with Gasteiger partial charge in [-0.05, 0) is 5.57 Å². The molecule has 0 aromatic rings. The van der Waals surface area contributed by atoms with E-state index in [0.717, 1.165) is 0 Å². The summed E-state index contributed by atoms with van der Waals surface area (Å²) in [6.07, 6.45) is -5.30. The largest absolute Gasteiger partial charge is 0.426 e. The van der Waals surface area contributed by atoms with Crippen molar-refractivity contribution in [1.82, 2.24) is 0 Å². The fraction of sp³-hybridized carbons (Fsp3) is 0.600. The highest BCUT2D eigenvalue weighted by molar-refractivity contribution is 5.35. The van der Waals surface area contributed by atoms with Crippen LogP contribution >= 0.6 is 0 Å². The van der Waals surface area contributed by atoms with Gasteiger partial charge in [-0.2, -0.15) is 13.2 Å². The molecule has 0 aromatic carbocycles. The van der Waals surface area contributed by atoms with E-state index in [0.29, 0.717) is 0 Å². The van der Waals surface area contributed by atoms with Crippen molar-refractivity contribution in [2.24, 2.45) is 0 Å². The molecular formula is C5H4F4. The summed E-state index contributed by atoms with van der Waals surface area (Å²) in [5.41, 5.74) is -3.41. The minimum Gasteiger partial charge on any atom is -0.229 e. The van der Waals surface area contributed by atoms with E-state index in [9.17, 15) is 17.6 Å². The highest BCUT2D eigenvalue weighted by Gasteiger charge is 2.68. The maximum Gasteiger partial charge on any atom is 0.426 e. The van der Waals surface area contributed by atoms with Crippen LogP contribution in [0.15, 0.2) is 12.2 Å². The van der Waals surface area contributed by atoms with Gasteiger partial charge in [-0.3, -0.25) is 0 Å². The third kappa shape index (κ3) is 0.730. The molecule has 0 amide bonds. The van der Waals surface area contributed by atoms with E-state index in [2.05, 4.69) is 6.58 Å². The van der Waals surface area contributed by atoms with Gasteiger partial charge in [-0.25, -0.2) is 4.39 Å². The summed E-state index contributed by atoms with van der Waals surface area (Å²) in [7, 11) is 0. The molecule has 0 aromatic heterocycles. The van der Waals surface area contributed by atoms with Crippen molar-refractivity contribution in [2.45, 2.75) is 18.3 Å². The minimum absolute atomic E-state index is 0.366. The highest BCUT2D eigenvalue weighted by Crippen LogP contribution is 2.56. The second kappa shape index (κ2) is 1.30. The van der Waals surface area contributed by atoms with Crippen molar-refractivity contribution in [3.05, 3.63) is 12.2 Å². The molecule has 0 spiro atoms. The first-order valence-corrected chi connectivity index (χ1v) is 2.32. The van der Waals surface area contributed by atoms with Gasteiger partial charge in [0.25, 0.3) is 0 Å². The first-order chi connectivity index (χ1) is 3.88. The van der Waals surface area contributed by atoms with E-state index in [1.807, 2.05) is 0 Å². The van der Waals surface area contributed by atoms with Gasteiger partial charge in [0, 0.05) is 6.42 Å². The van der Waals surface area contributed by atoms with Crippen molar-refractivity contribution in [3.8, 4) is 0 Å². The number of hydrogen-bond donors (Lipinski definition) is 0. The number of rotatable bonds is 0. The first kappa shape index (κ1) is 6.58. The zero-order valence-electron chi connectivity index (χ0n) is 4.43. The van der Waals surface area contributed by atoms with Gasteiger partial charge < -0.3 is 0 Å². The molecule has 1 aliphatic rings. The van der Waals surface area contributed by atoms with Gasteiger partial charge in [0.2, 0.25) is 5.67 Å². The maximum atomic E-state index is 12.2. The summed E-state index contributed by atoms with van der Waals surface area (Å²) in [5, 5.41) is 0. The molecule has 9 heavy (non-hydrogen) atoms. The van der Waals surface area contributed by atoms with E-state index < -0.39 is 18.3 Å². The Balaban J connectivity index is 2.76. The molecule has 1 unspecified atom stereocenters. The summed E-state index contributed by atoms with van der Waals surface area (Å²) in [4.78, 5) is 0. The fourth-order valence-corrected chi connectivity index (χ4v) is 0.551. The molecule has 0 bridgehead atoms. The molecule has 4 heteroatoms. The Morgan fingerprint density at radius 3 is 1.78 bits per heavy atom. The van der Waals surface area contributed by atoms with E-state index in [-0.39, 0.29) is 5.57 Å². The van der Waals surface area contributed by atoms with Crippen molar-refractivity contribution in [1.29, 1.82) is 0 Å². The molecule has 0 N–H and O–H groups in total. The van der Waals surface area contributed by atoms with Crippen LogP contribution in [0.4, 0.5) is 17.6 Å². The van der Waals surface area contributed by atoms with Crippen LogP contribution in [-0.4, -0.2) is 11.8 Å². The molecule has 0 radical (unpaired) electrons.